The van der Waals surface area contributed by atoms with Gasteiger partial charge in [0.15, 0.2) is 11.6 Å². The van der Waals surface area contributed by atoms with Gasteiger partial charge in [-0.25, -0.2) is 9.78 Å². The Balaban J connectivity index is 1.26. The van der Waals surface area contributed by atoms with Crippen LogP contribution in [0.1, 0.15) is 31.4 Å². The molecule has 2 aromatic heterocycles. The minimum atomic E-state index is -0.296. The molecule has 2 amide bonds. The Morgan fingerprint density at radius 1 is 1.03 bits per heavy atom. The lowest BCUT2D eigenvalue weighted by Gasteiger charge is -2.07. The molecule has 2 aromatic carbocycles. The van der Waals surface area contributed by atoms with Gasteiger partial charge in [-0.05, 0) is 24.3 Å². The molecule has 0 saturated carbocycles. The van der Waals surface area contributed by atoms with Gasteiger partial charge in [0, 0.05) is 35.7 Å². The Kier molecular flexibility index (Phi) is 6.02. The van der Waals surface area contributed by atoms with Crippen molar-refractivity contribution in [2.45, 2.75) is 26.2 Å². The fraction of sp³-hybridized carbons (Fsp3) is 0.227. The first-order valence-corrected chi connectivity index (χ1v) is 10.0. The molecule has 0 aliphatic heterocycles. The molecule has 0 atom stereocenters. The van der Waals surface area contributed by atoms with Gasteiger partial charge in [0.2, 0.25) is 0 Å². The second kappa shape index (κ2) is 9.21. The predicted molar refractivity (Wildman–Crippen MR) is 116 cm³/mol. The van der Waals surface area contributed by atoms with Crippen LogP contribution in [-0.4, -0.2) is 37.9 Å². The van der Waals surface area contributed by atoms with Crippen LogP contribution < -0.4 is 10.6 Å². The number of nitrogens with zero attached hydrogens (tertiary/aromatic N) is 4. The number of aromatic amines is 1. The fourth-order valence-electron chi connectivity index (χ4n) is 2.88. The number of carbonyl (C=O) groups is 1. The maximum Gasteiger partial charge on any atom is 0.319 e. The third-order valence-corrected chi connectivity index (χ3v) is 4.56. The summed E-state index contributed by atoms with van der Waals surface area (Å²) in [7, 11) is 0. The van der Waals surface area contributed by atoms with E-state index in [1.54, 1.807) is 12.1 Å². The van der Waals surface area contributed by atoms with Crippen molar-refractivity contribution in [2.75, 3.05) is 11.9 Å². The molecule has 0 aliphatic rings. The first-order valence-electron chi connectivity index (χ1n) is 10.0. The molecule has 0 aliphatic carbocycles. The molecule has 4 aromatic rings. The number of anilines is 1. The van der Waals surface area contributed by atoms with E-state index in [-0.39, 0.29) is 11.9 Å². The van der Waals surface area contributed by atoms with Crippen molar-refractivity contribution in [1.29, 1.82) is 0 Å². The fourth-order valence-corrected chi connectivity index (χ4v) is 2.88. The average Bonchev–Trinajstić information content (AvgIpc) is 3.45. The largest absolute Gasteiger partial charge is 0.337 e. The van der Waals surface area contributed by atoms with Gasteiger partial charge in [-0.1, -0.05) is 49.3 Å². The van der Waals surface area contributed by atoms with Gasteiger partial charge in [-0.3, -0.25) is 5.10 Å². The molecule has 0 saturated heterocycles. The van der Waals surface area contributed by atoms with Crippen LogP contribution >= 0.6 is 0 Å². The second-order valence-electron chi connectivity index (χ2n) is 7.29. The maximum absolute atomic E-state index is 12.2. The lowest BCUT2D eigenvalue weighted by atomic mass is 10.2. The second-order valence-corrected chi connectivity index (χ2v) is 7.29. The first-order chi connectivity index (χ1) is 15.1. The molecule has 9 heteroatoms. The highest BCUT2D eigenvalue weighted by atomic mass is 16.5. The van der Waals surface area contributed by atoms with Gasteiger partial charge in [-0.15, -0.1) is 0 Å². The molecule has 0 unspecified atom stereocenters. The van der Waals surface area contributed by atoms with Crippen molar-refractivity contribution in [3.63, 3.8) is 0 Å². The first kappa shape index (κ1) is 20.3. The number of amides is 2. The van der Waals surface area contributed by atoms with E-state index in [4.69, 9.17) is 4.52 Å². The van der Waals surface area contributed by atoms with E-state index in [0.29, 0.717) is 42.0 Å². The minimum absolute atomic E-state index is 0.198. The topological polar surface area (TPSA) is 122 Å². The van der Waals surface area contributed by atoms with Crippen LogP contribution in [0.5, 0.6) is 0 Å². The molecule has 4 rings (SSSR count). The monoisotopic (exact) mass is 417 g/mol. The quantitative estimate of drug-likeness (QED) is 0.418. The molecule has 9 nitrogen and oxygen atoms in total. The number of hydrogen-bond donors (Lipinski definition) is 3. The van der Waals surface area contributed by atoms with Crippen LogP contribution in [0.15, 0.2) is 59.1 Å². The third-order valence-electron chi connectivity index (χ3n) is 4.56. The smallest absolute Gasteiger partial charge is 0.319 e. The van der Waals surface area contributed by atoms with Gasteiger partial charge >= 0.3 is 6.03 Å². The molecule has 0 radical (unpaired) electrons. The summed E-state index contributed by atoms with van der Waals surface area (Å²) < 4.78 is 5.28. The molecular weight excluding hydrogens is 394 g/mol. The Hall–Kier alpha value is -4.01. The SMILES string of the molecule is CC(C)c1noc(-c2ccc(NC(=O)NCCc3nc(-c4ccccc4)n[nH]3)cc2)n1. The molecule has 3 N–H and O–H groups in total. The highest BCUT2D eigenvalue weighted by Gasteiger charge is 2.12. The van der Waals surface area contributed by atoms with E-state index in [9.17, 15) is 4.79 Å². The highest BCUT2D eigenvalue weighted by Crippen LogP contribution is 2.21. The average molecular weight is 417 g/mol. The lowest BCUT2D eigenvalue weighted by molar-refractivity contribution is 0.252. The number of carbonyl (C=O) groups excluding carboxylic acids is 1. The molecule has 2 heterocycles. The summed E-state index contributed by atoms with van der Waals surface area (Å²) in [6.45, 7) is 4.43. The van der Waals surface area contributed by atoms with Crippen molar-refractivity contribution in [3.8, 4) is 22.8 Å². The number of urea groups is 1. The summed E-state index contributed by atoms with van der Waals surface area (Å²) in [5.41, 5.74) is 2.40. The maximum atomic E-state index is 12.2. The van der Waals surface area contributed by atoms with Gasteiger partial charge in [-0.2, -0.15) is 10.1 Å². The Morgan fingerprint density at radius 3 is 2.52 bits per heavy atom. The zero-order chi connectivity index (χ0) is 21.6. The summed E-state index contributed by atoms with van der Waals surface area (Å²) in [5.74, 6) is 2.68. The molecule has 0 spiro atoms. The Bertz CT molecular complexity index is 1130. The highest BCUT2D eigenvalue weighted by molar-refractivity contribution is 5.89. The number of H-pyrrole nitrogens is 1. The van der Waals surface area contributed by atoms with Crippen LogP contribution in [0.25, 0.3) is 22.8 Å². The van der Waals surface area contributed by atoms with Crippen molar-refractivity contribution < 1.29 is 9.32 Å². The van der Waals surface area contributed by atoms with Crippen LogP contribution in [0.2, 0.25) is 0 Å². The van der Waals surface area contributed by atoms with Crippen molar-refractivity contribution >= 4 is 11.7 Å². The molecule has 0 fully saturated rings. The van der Waals surface area contributed by atoms with Crippen LogP contribution in [0, 0.1) is 0 Å². The van der Waals surface area contributed by atoms with Crippen molar-refractivity contribution in [2.24, 2.45) is 0 Å². The van der Waals surface area contributed by atoms with Gasteiger partial charge in [0.05, 0.1) is 0 Å². The minimum Gasteiger partial charge on any atom is -0.337 e. The number of aromatic nitrogens is 5. The van der Waals surface area contributed by atoms with Gasteiger partial charge in [0.25, 0.3) is 5.89 Å². The predicted octanol–water partition coefficient (Wildman–Crippen LogP) is 4.01. The summed E-state index contributed by atoms with van der Waals surface area (Å²) in [6, 6.07) is 16.7. The Morgan fingerprint density at radius 2 is 1.81 bits per heavy atom. The van der Waals surface area contributed by atoms with Gasteiger partial charge < -0.3 is 15.2 Å². The molecule has 31 heavy (non-hydrogen) atoms. The standard InChI is InChI=1S/C22H23N7O2/c1-14(2)19-26-21(31-29-19)16-8-10-17(11-9-16)24-22(30)23-13-12-18-25-20(28-27-18)15-6-4-3-5-7-15/h3-11,14H,12-13H2,1-2H3,(H2,23,24,30)(H,25,27,28). The third kappa shape index (κ3) is 5.13. The summed E-state index contributed by atoms with van der Waals surface area (Å²) in [5, 5.41) is 16.7. The van der Waals surface area contributed by atoms with Gasteiger partial charge in [0.1, 0.15) is 5.82 Å². The van der Waals surface area contributed by atoms with E-state index in [1.165, 1.54) is 0 Å². The van der Waals surface area contributed by atoms with E-state index in [1.807, 2.05) is 56.3 Å². The summed E-state index contributed by atoms with van der Waals surface area (Å²) in [6.07, 6.45) is 0.543. The zero-order valence-corrected chi connectivity index (χ0v) is 17.3. The molecule has 158 valence electrons. The van der Waals surface area contributed by atoms with Crippen molar-refractivity contribution in [1.82, 2.24) is 30.6 Å². The van der Waals surface area contributed by atoms with Crippen LogP contribution in [0.4, 0.5) is 10.5 Å². The summed E-state index contributed by atoms with van der Waals surface area (Å²) in [4.78, 5) is 21.0. The van der Waals surface area contributed by atoms with E-state index in [0.717, 1.165) is 11.1 Å². The summed E-state index contributed by atoms with van der Waals surface area (Å²) >= 11 is 0. The molecule has 0 bridgehead atoms. The van der Waals surface area contributed by atoms with E-state index < -0.39 is 0 Å². The normalized spacial score (nSPS) is 10.9. The number of benzene rings is 2. The lowest BCUT2D eigenvalue weighted by Crippen LogP contribution is -2.30. The van der Waals surface area contributed by atoms with Crippen LogP contribution in [-0.2, 0) is 6.42 Å². The number of rotatable bonds is 7. The number of nitrogens with one attached hydrogen (secondary N) is 3. The van der Waals surface area contributed by atoms with E-state index >= 15 is 0 Å². The van der Waals surface area contributed by atoms with Crippen LogP contribution in [0.3, 0.4) is 0 Å². The van der Waals surface area contributed by atoms with E-state index in [2.05, 4.69) is 36.0 Å². The molecular formula is C22H23N7O2. The van der Waals surface area contributed by atoms with Crippen molar-refractivity contribution in [3.05, 3.63) is 66.2 Å². The Labute approximate surface area is 179 Å². The number of hydrogen-bond acceptors (Lipinski definition) is 6. The zero-order valence-electron chi connectivity index (χ0n) is 17.3.